The molecule has 0 unspecified atom stereocenters. The van der Waals surface area contributed by atoms with Crippen LogP contribution >= 0.6 is 0 Å². The number of carbonyl (C=O) groups is 2. The Labute approximate surface area is 132 Å². The summed E-state index contributed by atoms with van der Waals surface area (Å²) >= 11 is 0. The number of hydrogen-bond acceptors (Lipinski definition) is 4. The van der Waals surface area contributed by atoms with E-state index in [0.29, 0.717) is 28.3 Å². The smallest absolute Gasteiger partial charge is 0.258 e. The van der Waals surface area contributed by atoms with E-state index in [4.69, 9.17) is 9.47 Å². The normalized spacial score (nSPS) is 12.1. The average molecular weight is 315 g/mol. The first-order valence-corrected chi connectivity index (χ1v) is 6.95. The predicted molar refractivity (Wildman–Crippen MR) is 81.7 cm³/mol. The highest BCUT2D eigenvalue weighted by Crippen LogP contribution is 2.38. The van der Waals surface area contributed by atoms with Crippen LogP contribution in [0.25, 0.3) is 0 Å². The highest BCUT2D eigenvalue weighted by atomic mass is 19.1. The van der Waals surface area contributed by atoms with E-state index in [-0.39, 0.29) is 18.5 Å². The van der Waals surface area contributed by atoms with Crippen molar-refractivity contribution in [3.63, 3.8) is 0 Å². The van der Waals surface area contributed by atoms with E-state index in [1.165, 1.54) is 36.1 Å². The largest absolute Gasteiger partial charge is 0.454 e. The van der Waals surface area contributed by atoms with Crippen molar-refractivity contribution in [2.45, 2.75) is 6.92 Å². The van der Waals surface area contributed by atoms with E-state index >= 15 is 0 Å². The second-order valence-corrected chi connectivity index (χ2v) is 5.15. The highest BCUT2D eigenvalue weighted by molar-refractivity contribution is 6.10. The molecule has 0 saturated heterocycles. The number of ketones is 1. The molecule has 0 aromatic heterocycles. The van der Waals surface area contributed by atoms with Crippen LogP contribution in [-0.2, 0) is 0 Å². The van der Waals surface area contributed by atoms with E-state index in [9.17, 15) is 14.0 Å². The number of Topliss-reactive ketones (excluding diaryl/α,β-unsaturated/α-hetero) is 1. The zero-order valence-electron chi connectivity index (χ0n) is 12.6. The minimum absolute atomic E-state index is 0.0752. The van der Waals surface area contributed by atoms with Crippen molar-refractivity contribution in [3.05, 3.63) is 53.3 Å². The van der Waals surface area contributed by atoms with Crippen LogP contribution < -0.4 is 14.4 Å². The Morgan fingerprint density at radius 3 is 2.30 bits per heavy atom. The summed E-state index contributed by atoms with van der Waals surface area (Å²) in [4.78, 5) is 25.8. The first-order chi connectivity index (χ1) is 11.0. The maximum Gasteiger partial charge on any atom is 0.258 e. The van der Waals surface area contributed by atoms with Crippen molar-refractivity contribution in [2.75, 3.05) is 18.7 Å². The van der Waals surface area contributed by atoms with Gasteiger partial charge in [0.05, 0.1) is 5.69 Å². The minimum atomic E-state index is -0.420. The summed E-state index contributed by atoms with van der Waals surface area (Å²) in [5, 5.41) is 0. The van der Waals surface area contributed by atoms with Crippen molar-refractivity contribution >= 4 is 17.4 Å². The fraction of sp³-hybridized carbons (Fsp3) is 0.176. The molecule has 1 amide bonds. The maximum absolute atomic E-state index is 13.0. The van der Waals surface area contributed by atoms with Gasteiger partial charge in [0.15, 0.2) is 17.3 Å². The first kappa shape index (κ1) is 15.0. The van der Waals surface area contributed by atoms with E-state index in [2.05, 4.69) is 0 Å². The van der Waals surface area contributed by atoms with Gasteiger partial charge in [0.2, 0.25) is 6.79 Å². The number of carbonyl (C=O) groups excluding carboxylic acids is 2. The van der Waals surface area contributed by atoms with Crippen molar-refractivity contribution < 1.29 is 23.5 Å². The lowest BCUT2D eigenvalue weighted by molar-refractivity contribution is 0.0993. The van der Waals surface area contributed by atoms with E-state index in [0.717, 1.165) is 0 Å². The monoisotopic (exact) mass is 315 g/mol. The number of amides is 1. The van der Waals surface area contributed by atoms with Crippen LogP contribution in [0.2, 0.25) is 0 Å². The summed E-state index contributed by atoms with van der Waals surface area (Å²) in [6.45, 7) is 1.49. The van der Waals surface area contributed by atoms with Gasteiger partial charge in [0.25, 0.3) is 5.91 Å². The molecule has 0 atom stereocenters. The van der Waals surface area contributed by atoms with Crippen LogP contribution in [0.4, 0.5) is 10.1 Å². The van der Waals surface area contributed by atoms with Gasteiger partial charge in [-0.2, -0.15) is 0 Å². The molecular formula is C17H14FNO4. The molecular weight excluding hydrogens is 301 g/mol. The van der Waals surface area contributed by atoms with Gasteiger partial charge in [-0.1, -0.05) is 0 Å². The van der Waals surface area contributed by atoms with E-state index in [1.807, 2.05) is 0 Å². The molecule has 3 rings (SSSR count). The molecule has 2 aromatic rings. The number of benzene rings is 2. The Bertz CT molecular complexity index is 786. The van der Waals surface area contributed by atoms with Crippen molar-refractivity contribution in [1.29, 1.82) is 0 Å². The van der Waals surface area contributed by atoms with Gasteiger partial charge >= 0.3 is 0 Å². The van der Waals surface area contributed by atoms with Gasteiger partial charge in [0.1, 0.15) is 5.82 Å². The molecule has 1 aliphatic heterocycles. The van der Waals surface area contributed by atoms with E-state index in [1.54, 1.807) is 19.2 Å². The number of fused-ring (bicyclic) bond motifs is 1. The molecule has 118 valence electrons. The molecule has 0 saturated carbocycles. The summed E-state index contributed by atoms with van der Waals surface area (Å²) in [6.07, 6.45) is 0. The third-order valence-corrected chi connectivity index (χ3v) is 3.63. The van der Waals surface area contributed by atoms with Crippen LogP contribution in [0.5, 0.6) is 11.5 Å². The van der Waals surface area contributed by atoms with Gasteiger partial charge in [-0.05, 0) is 37.3 Å². The number of ether oxygens (including phenoxy) is 2. The van der Waals surface area contributed by atoms with Crippen molar-refractivity contribution in [3.8, 4) is 11.5 Å². The molecule has 1 aliphatic rings. The van der Waals surface area contributed by atoms with Crippen LogP contribution in [0.3, 0.4) is 0 Å². The van der Waals surface area contributed by atoms with Gasteiger partial charge in [-0.15, -0.1) is 0 Å². The summed E-state index contributed by atoms with van der Waals surface area (Å²) in [7, 11) is 1.55. The molecule has 0 N–H and O–H groups in total. The summed E-state index contributed by atoms with van der Waals surface area (Å²) < 4.78 is 23.6. The second-order valence-electron chi connectivity index (χ2n) is 5.15. The van der Waals surface area contributed by atoms with Gasteiger partial charge in [-0.3, -0.25) is 9.59 Å². The molecule has 0 radical (unpaired) electrons. The zero-order chi connectivity index (χ0) is 16.6. The fourth-order valence-corrected chi connectivity index (χ4v) is 2.39. The molecule has 1 heterocycles. The minimum Gasteiger partial charge on any atom is -0.454 e. The van der Waals surface area contributed by atoms with Crippen molar-refractivity contribution in [2.24, 2.45) is 0 Å². The summed E-state index contributed by atoms with van der Waals surface area (Å²) in [6, 6.07) is 8.39. The number of anilines is 1. The lowest BCUT2D eigenvalue weighted by Crippen LogP contribution is -2.27. The third-order valence-electron chi connectivity index (χ3n) is 3.63. The maximum atomic E-state index is 13.0. The lowest BCUT2D eigenvalue weighted by atomic mass is 10.1. The van der Waals surface area contributed by atoms with E-state index < -0.39 is 5.82 Å². The second kappa shape index (κ2) is 5.72. The zero-order valence-corrected chi connectivity index (χ0v) is 12.6. The number of halogens is 1. The Morgan fingerprint density at radius 1 is 1.09 bits per heavy atom. The molecule has 6 heteroatoms. The Balaban J connectivity index is 2.01. The van der Waals surface area contributed by atoms with Crippen molar-refractivity contribution in [1.82, 2.24) is 0 Å². The number of rotatable bonds is 3. The molecule has 0 bridgehead atoms. The summed E-state index contributed by atoms with van der Waals surface area (Å²) in [5.41, 5.74) is 1.09. The van der Waals surface area contributed by atoms with Gasteiger partial charge in [-0.25, -0.2) is 4.39 Å². The molecule has 0 spiro atoms. The van der Waals surface area contributed by atoms with Gasteiger partial charge in [0, 0.05) is 24.2 Å². The van der Waals surface area contributed by atoms with Gasteiger partial charge < -0.3 is 14.4 Å². The number of hydrogen-bond donors (Lipinski definition) is 0. The molecule has 2 aromatic carbocycles. The fourth-order valence-electron chi connectivity index (χ4n) is 2.39. The molecule has 0 aliphatic carbocycles. The first-order valence-electron chi connectivity index (χ1n) is 6.95. The third kappa shape index (κ3) is 2.75. The van der Waals surface area contributed by atoms with Crippen LogP contribution in [0, 0.1) is 5.82 Å². The highest BCUT2D eigenvalue weighted by Gasteiger charge is 2.24. The topological polar surface area (TPSA) is 55.8 Å². The lowest BCUT2D eigenvalue weighted by Gasteiger charge is -2.20. The Hall–Kier alpha value is -2.89. The quantitative estimate of drug-likeness (QED) is 0.817. The molecule has 0 fully saturated rings. The SMILES string of the molecule is CC(=O)c1cc2c(cc1N(C)C(=O)c1ccc(F)cc1)OCO2. The Morgan fingerprint density at radius 2 is 1.70 bits per heavy atom. The van der Waals surface area contributed by atoms with Crippen LogP contribution in [0.15, 0.2) is 36.4 Å². The predicted octanol–water partition coefficient (Wildman–Crippen LogP) is 3.03. The van der Waals surface area contributed by atoms with Crippen LogP contribution in [0.1, 0.15) is 27.6 Å². The van der Waals surface area contributed by atoms with Crippen LogP contribution in [-0.4, -0.2) is 25.5 Å². The Kier molecular flexibility index (Phi) is 3.73. The molecule has 23 heavy (non-hydrogen) atoms. The number of nitrogens with zero attached hydrogens (tertiary/aromatic N) is 1. The molecule has 5 nitrogen and oxygen atoms in total. The standard InChI is InChI=1S/C17H14FNO4/c1-10(20)13-7-15-16(23-9-22-15)8-14(13)19(2)17(21)11-3-5-12(18)6-4-11/h3-8H,9H2,1-2H3. The summed E-state index contributed by atoms with van der Waals surface area (Å²) in [5.74, 6) is -0.0227. The average Bonchev–Trinajstić information content (AvgIpc) is 3.00.